The van der Waals surface area contributed by atoms with E-state index in [1.165, 1.54) is 5.56 Å². The second kappa shape index (κ2) is 6.60. The Morgan fingerprint density at radius 3 is 3.00 bits per heavy atom. The van der Waals surface area contributed by atoms with Gasteiger partial charge in [0.15, 0.2) is 0 Å². The number of aromatic nitrogens is 2. The topological polar surface area (TPSA) is 55.7 Å². The molecule has 100 valence electrons. The molecular formula is C14H18N4S. The maximum Gasteiger partial charge on any atom is 0.121 e. The summed E-state index contributed by atoms with van der Waals surface area (Å²) in [6, 6.07) is 8.49. The minimum atomic E-state index is 0.615. The number of benzene rings is 1. The third kappa shape index (κ3) is 3.98. The van der Waals surface area contributed by atoms with Crippen LogP contribution in [0, 0.1) is 11.3 Å². The highest BCUT2D eigenvalue weighted by molar-refractivity contribution is 7.98. The number of thioether (sulfide) groups is 1. The number of nitriles is 1. The average Bonchev–Trinajstić information content (AvgIpc) is 2.75. The fourth-order valence-electron chi connectivity index (χ4n) is 1.88. The van der Waals surface area contributed by atoms with Gasteiger partial charge in [-0.25, -0.2) is 4.98 Å². The van der Waals surface area contributed by atoms with Crippen molar-refractivity contribution in [3.63, 3.8) is 0 Å². The van der Waals surface area contributed by atoms with E-state index in [0.717, 1.165) is 34.9 Å². The summed E-state index contributed by atoms with van der Waals surface area (Å²) in [5, 5.41) is 8.50. The summed E-state index contributed by atoms with van der Waals surface area (Å²) in [6.07, 6.45) is 0.615. The van der Waals surface area contributed by atoms with Gasteiger partial charge in [0, 0.05) is 17.9 Å². The molecule has 0 aliphatic carbocycles. The van der Waals surface area contributed by atoms with Crippen molar-refractivity contribution in [1.82, 2.24) is 14.9 Å². The average molecular weight is 274 g/mol. The minimum Gasteiger partial charge on any atom is -0.341 e. The Morgan fingerprint density at radius 2 is 2.26 bits per heavy atom. The van der Waals surface area contributed by atoms with Crippen LogP contribution in [-0.2, 0) is 12.3 Å². The van der Waals surface area contributed by atoms with Gasteiger partial charge in [-0.1, -0.05) is 6.07 Å². The smallest absolute Gasteiger partial charge is 0.121 e. The quantitative estimate of drug-likeness (QED) is 0.823. The largest absolute Gasteiger partial charge is 0.341 e. The number of nitrogens with zero attached hydrogens (tertiary/aromatic N) is 3. The lowest BCUT2D eigenvalue weighted by Crippen LogP contribution is -2.11. The van der Waals surface area contributed by atoms with E-state index >= 15 is 0 Å². The Balaban J connectivity index is 2.05. The standard InChI is InChI=1S/C14H18N4S/c1-18(2)9-14-16-12-5-4-11(8-13(12)17-14)10-19-7-3-6-15/h4-5,8H,3,7,9-10H2,1-2H3,(H,16,17). The molecule has 0 amide bonds. The van der Waals surface area contributed by atoms with Gasteiger partial charge in [0.2, 0.25) is 0 Å². The summed E-state index contributed by atoms with van der Waals surface area (Å²) >= 11 is 1.79. The Hall–Kier alpha value is -1.51. The molecule has 1 aromatic carbocycles. The monoisotopic (exact) mass is 274 g/mol. The normalized spacial score (nSPS) is 11.1. The van der Waals surface area contributed by atoms with E-state index in [2.05, 4.69) is 39.1 Å². The zero-order valence-electron chi connectivity index (χ0n) is 11.3. The van der Waals surface area contributed by atoms with Gasteiger partial charge in [0.1, 0.15) is 5.82 Å². The van der Waals surface area contributed by atoms with Gasteiger partial charge in [-0.2, -0.15) is 17.0 Å². The van der Waals surface area contributed by atoms with Crippen molar-refractivity contribution < 1.29 is 0 Å². The molecule has 0 aliphatic heterocycles. The van der Waals surface area contributed by atoms with Gasteiger partial charge >= 0.3 is 0 Å². The Morgan fingerprint density at radius 1 is 1.42 bits per heavy atom. The Labute approximate surface area is 117 Å². The van der Waals surface area contributed by atoms with Crippen LogP contribution in [0.15, 0.2) is 18.2 Å². The summed E-state index contributed by atoms with van der Waals surface area (Å²) in [5.41, 5.74) is 3.38. The van der Waals surface area contributed by atoms with Gasteiger partial charge in [0.05, 0.1) is 23.6 Å². The second-order valence-electron chi connectivity index (χ2n) is 4.73. The molecule has 1 aromatic heterocycles. The van der Waals surface area contributed by atoms with Gasteiger partial charge < -0.3 is 9.88 Å². The summed E-state index contributed by atoms with van der Waals surface area (Å²) in [5.74, 6) is 2.83. The van der Waals surface area contributed by atoms with Gasteiger partial charge in [0.25, 0.3) is 0 Å². The fourth-order valence-corrected chi connectivity index (χ4v) is 2.68. The first-order valence-corrected chi connectivity index (χ1v) is 7.41. The summed E-state index contributed by atoms with van der Waals surface area (Å²) in [6.45, 7) is 0.820. The van der Waals surface area contributed by atoms with E-state index < -0.39 is 0 Å². The van der Waals surface area contributed by atoms with Crippen molar-refractivity contribution >= 4 is 22.8 Å². The summed E-state index contributed by atoms with van der Waals surface area (Å²) in [4.78, 5) is 10.0. The first-order chi connectivity index (χ1) is 9.19. The van der Waals surface area contributed by atoms with Crippen LogP contribution in [0.4, 0.5) is 0 Å². The zero-order valence-corrected chi connectivity index (χ0v) is 12.1. The van der Waals surface area contributed by atoms with E-state index in [1.807, 2.05) is 14.1 Å². The van der Waals surface area contributed by atoms with Crippen molar-refractivity contribution in [1.29, 1.82) is 5.26 Å². The molecule has 0 unspecified atom stereocenters. The molecule has 0 saturated heterocycles. The predicted molar refractivity (Wildman–Crippen MR) is 79.9 cm³/mol. The first kappa shape index (κ1) is 13.9. The summed E-state index contributed by atoms with van der Waals surface area (Å²) < 4.78 is 0. The molecule has 19 heavy (non-hydrogen) atoms. The van der Waals surface area contributed by atoms with Crippen LogP contribution in [0.3, 0.4) is 0 Å². The van der Waals surface area contributed by atoms with Crippen LogP contribution in [-0.4, -0.2) is 34.7 Å². The molecule has 1 N–H and O–H groups in total. The molecule has 0 radical (unpaired) electrons. The van der Waals surface area contributed by atoms with Gasteiger partial charge in [-0.05, 0) is 31.8 Å². The molecule has 2 aromatic rings. The molecule has 2 rings (SSSR count). The fraction of sp³-hybridized carbons (Fsp3) is 0.429. The summed E-state index contributed by atoms with van der Waals surface area (Å²) in [7, 11) is 4.06. The third-order valence-electron chi connectivity index (χ3n) is 2.69. The van der Waals surface area contributed by atoms with Crippen LogP contribution in [0.25, 0.3) is 11.0 Å². The number of nitrogens with one attached hydrogen (secondary N) is 1. The molecule has 1 heterocycles. The molecule has 0 spiro atoms. The SMILES string of the molecule is CN(C)Cc1nc2ccc(CSCCC#N)cc2[nH]1. The van der Waals surface area contributed by atoms with E-state index in [9.17, 15) is 0 Å². The highest BCUT2D eigenvalue weighted by Gasteiger charge is 2.04. The van der Waals surface area contributed by atoms with Crippen LogP contribution < -0.4 is 0 Å². The highest BCUT2D eigenvalue weighted by atomic mass is 32.2. The van der Waals surface area contributed by atoms with E-state index in [0.29, 0.717) is 6.42 Å². The minimum absolute atomic E-state index is 0.615. The third-order valence-corrected chi connectivity index (χ3v) is 3.72. The molecule has 0 saturated carbocycles. The predicted octanol–water partition coefficient (Wildman–Crippen LogP) is 2.77. The number of H-pyrrole nitrogens is 1. The Kier molecular flexibility index (Phi) is 4.83. The number of hydrogen-bond acceptors (Lipinski definition) is 4. The number of hydrogen-bond donors (Lipinski definition) is 1. The lowest BCUT2D eigenvalue weighted by molar-refractivity contribution is 0.392. The first-order valence-electron chi connectivity index (χ1n) is 6.26. The van der Waals surface area contributed by atoms with Crippen molar-refractivity contribution in [3.05, 3.63) is 29.6 Å². The molecule has 0 aliphatic rings. The van der Waals surface area contributed by atoms with E-state index in [1.54, 1.807) is 11.8 Å². The Bertz CT molecular complexity index is 583. The number of fused-ring (bicyclic) bond motifs is 1. The number of aromatic amines is 1. The lowest BCUT2D eigenvalue weighted by Gasteiger charge is -2.04. The molecule has 5 heteroatoms. The molecule has 0 bridgehead atoms. The maximum atomic E-state index is 8.50. The van der Waals surface area contributed by atoms with Gasteiger partial charge in [-0.3, -0.25) is 0 Å². The van der Waals surface area contributed by atoms with Crippen molar-refractivity contribution in [2.24, 2.45) is 0 Å². The number of imidazole rings is 1. The van der Waals surface area contributed by atoms with Crippen molar-refractivity contribution in [3.8, 4) is 6.07 Å². The molecule has 4 nitrogen and oxygen atoms in total. The van der Waals surface area contributed by atoms with Crippen LogP contribution in [0.1, 0.15) is 17.8 Å². The van der Waals surface area contributed by atoms with Crippen molar-refractivity contribution in [2.75, 3.05) is 19.8 Å². The molecule has 0 atom stereocenters. The van der Waals surface area contributed by atoms with Crippen LogP contribution in [0.5, 0.6) is 0 Å². The van der Waals surface area contributed by atoms with E-state index in [-0.39, 0.29) is 0 Å². The van der Waals surface area contributed by atoms with Crippen LogP contribution >= 0.6 is 11.8 Å². The van der Waals surface area contributed by atoms with E-state index in [4.69, 9.17) is 5.26 Å². The van der Waals surface area contributed by atoms with Crippen LogP contribution in [0.2, 0.25) is 0 Å². The second-order valence-corrected chi connectivity index (χ2v) is 5.84. The zero-order chi connectivity index (χ0) is 13.7. The molecular weight excluding hydrogens is 256 g/mol. The highest BCUT2D eigenvalue weighted by Crippen LogP contribution is 2.18. The van der Waals surface area contributed by atoms with Gasteiger partial charge in [-0.15, -0.1) is 0 Å². The maximum absolute atomic E-state index is 8.50. The number of rotatable bonds is 6. The lowest BCUT2D eigenvalue weighted by atomic mass is 10.2. The molecule has 0 fully saturated rings. The van der Waals surface area contributed by atoms with Crippen molar-refractivity contribution in [2.45, 2.75) is 18.7 Å².